The summed E-state index contributed by atoms with van der Waals surface area (Å²) in [4.78, 5) is 12.1. The molecule has 0 fully saturated rings. The van der Waals surface area contributed by atoms with E-state index in [4.69, 9.17) is 9.15 Å². The normalized spacial score (nSPS) is 10.8. The van der Waals surface area contributed by atoms with Crippen molar-refractivity contribution in [1.29, 1.82) is 0 Å². The van der Waals surface area contributed by atoms with Gasteiger partial charge in [-0.3, -0.25) is 4.79 Å². The van der Waals surface area contributed by atoms with Crippen LogP contribution in [0.1, 0.15) is 23.4 Å². The predicted octanol–water partition coefficient (Wildman–Crippen LogP) is 3.14. The lowest BCUT2D eigenvalue weighted by Gasteiger charge is -2.01. The second kappa shape index (κ2) is 5.85. The van der Waals surface area contributed by atoms with Crippen LogP contribution in [0.5, 0.6) is 0 Å². The lowest BCUT2D eigenvalue weighted by atomic mass is 10.1. The van der Waals surface area contributed by atoms with E-state index in [0.29, 0.717) is 23.6 Å². The molecule has 0 saturated heterocycles. The molecule has 0 atom stereocenters. The minimum absolute atomic E-state index is 0.103. The summed E-state index contributed by atoms with van der Waals surface area (Å²) in [6.07, 6.45) is 2.26. The SMILES string of the molecule is C=C(CCC(=O)c1cc(-n2nnc3ccccc32)co1)OC. The van der Waals surface area contributed by atoms with Crippen molar-refractivity contribution >= 4 is 16.8 Å². The highest BCUT2D eigenvalue weighted by Gasteiger charge is 2.14. The number of aromatic nitrogens is 3. The maximum absolute atomic E-state index is 12.1. The number of hydrogen-bond donors (Lipinski definition) is 0. The Kier molecular flexibility index (Phi) is 3.74. The van der Waals surface area contributed by atoms with E-state index in [9.17, 15) is 4.79 Å². The van der Waals surface area contributed by atoms with E-state index >= 15 is 0 Å². The van der Waals surface area contributed by atoms with Crippen LogP contribution in [-0.2, 0) is 4.74 Å². The number of nitrogens with zero attached hydrogens (tertiary/aromatic N) is 3. The Bertz CT molecular complexity index is 832. The van der Waals surface area contributed by atoms with Crippen molar-refractivity contribution in [3.05, 3.63) is 54.7 Å². The zero-order valence-electron chi connectivity index (χ0n) is 12.2. The van der Waals surface area contributed by atoms with Crippen LogP contribution in [0.2, 0.25) is 0 Å². The molecule has 1 aromatic carbocycles. The van der Waals surface area contributed by atoms with Crippen molar-refractivity contribution in [1.82, 2.24) is 15.0 Å². The fourth-order valence-electron chi connectivity index (χ4n) is 2.12. The van der Waals surface area contributed by atoms with Crippen LogP contribution in [-0.4, -0.2) is 27.9 Å². The van der Waals surface area contributed by atoms with Crippen molar-refractivity contribution < 1.29 is 13.9 Å². The van der Waals surface area contributed by atoms with Gasteiger partial charge in [0, 0.05) is 18.9 Å². The Morgan fingerprint density at radius 2 is 2.18 bits per heavy atom. The molecule has 0 amide bonds. The maximum Gasteiger partial charge on any atom is 0.198 e. The number of rotatable bonds is 6. The number of methoxy groups -OCH3 is 1. The molecule has 0 aliphatic heterocycles. The number of benzene rings is 1. The van der Waals surface area contributed by atoms with Crippen LogP contribution in [0.15, 0.2) is 53.4 Å². The zero-order valence-corrected chi connectivity index (χ0v) is 12.2. The largest absolute Gasteiger partial charge is 0.502 e. The Hall–Kier alpha value is -2.89. The minimum Gasteiger partial charge on any atom is -0.502 e. The summed E-state index contributed by atoms with van der Waals surface area (Å²) in [6, 6.07) is 9.26. The van der Waals surface area contributed by atoms with Gasteiger partial charge in [0.05, 0.1) is 18.4 Å². The van der Waals surface area contributed by atoms with Crippen molar-refractivity contribution in [3.8, 4) is 5.69 Å². The first-order valence-corrected chi connectivity index (χ1v) is 6.83. The van der Waals surface area contributed by atoms with Crippen LogP contribution in [0, 0.1) is 0 Å². The second-order valence-electron chi connectivity index (χ2n) is 4.83. The number of fused-ring (bicyclic) bond motifs is 1. The standard InChI is InChI=1S/C16H15N3O3/c1-11(21-2)7-8-15(20)16-9-12(10-22-16)19-14-6-4-3-5-13(14)17-18-19/h3-6,9-10H,1,7-8H2,2H3. The molecule has 0 saturated carbocycles. The summed E-state index contributed by atoms with van der Waals surface area (Å²) in [6.45, 7) is 3.69. The third-order valence-electron chi connectivity index (χ3n) is 3.38. The van der Waals surface area contributed by atoms with E-state index in [2.05, 4.69) is 16.9 Å². The zero-order chi connectivity index (χ0) is 15.5. The number of carbonyl (C=O) groups excluding carboxylic acids is 1. The van der Waals surface area contributed by atoms with E-state index in [-0.39, 0.29) is 12.2 Å². The number of ketones is 1. The van der Waals surface area contributed by atoms with Gasteiger partial charge in [0.25, 0.3) is 0 Å². The van der Waals surface area contributed by atoms with Crippen molar-refractivity contribution in [3.63, 3.8) is 0 Å². The smallest absolute Gasteiger partial charge is 0.198 e. The fraction of sp³-hybridized carbons (Fsp3) is 0.188. The van der Waals surface area contributed by atoms with Crippen LogP contribution < -0.4 is 0 Å². The molecule has 0 bridgehead atoms. The quantitative estimate of drug-likeness (QED) is 0.516. The average Bonchev–Trinajstić information content (AvgIpc) is 3.18. The third-order valence-corrected chi connectivity index (χ3v) is 3.38. The Balaban J connectivity index is 1.82. The van der Waals surface area contributed by atoms with Gasteiger partial charge in [-0.05, 0) is 12.1 Å². The summed E-state index contributed by atoms with van der Waals surface area (Å²) in [5.74, 6) is 0.759. The molecular formula is C16H15N3O3. The molecule has 0 spiro atoms. The second-order valence-corrected chi connectivity index (χ2v) is 4.83. The maximum atomic E-state index is 12.1. The first kappa shape index (κ1) is 14.1. The van der Waals surface area contributed by atoms with Crippen molar-refractivity contribution in [2.45, 2.75) is 12.8 Å². The minimum atomic E-state index is -0.103. The highest BCUT2D eigenvalue weighted by Crippen LogP contribution is 2.19. The van der Waals surface area contributed by atoms with E-state index in [0.717, 1.165) is 11.0 Å². The Morgan fingerprint density at radius 1 is 1.36 bits per heavy atom. The number of Topliss-reactive ketones (excluding diaryl/α,β-unsaturated/α-hetero) is 1. The average molecular weight is 297 g/mol. The highest BCUT2D eigenvalue weighted by molar-refractivity contribution is 5.94. The topological polar surface area (TPSA) is 70.2 Å². The summed E-state index contributed by atoms with van der Waals surface area (Å²) in [7, 11) is 1.54. The number of para-hydroxylation sites is 1. The number of allylic oxidation sites excluding steroid dienone is 1. The Labute approximate surface area is 127 Å². The molecule has 112 valence electrons. The van der Waals surface area contributed by atoms with E-state index < -0.39 is 0 Å². The lowest BCUT2D eigenvalue weighted by Crippen LogP contribution is -1.99. The third kappa shape index (κ3) is 2.63. The summed E-state index contributed by atoms with van der Waals surface area (Å²) in [5.41, 5.74) is 2.31. The van der Waals surface area contributed by atoms with Crippen LogP contribution in [0.3, 0.4) is 0 Å². The molecule has 0 N–H and O–H groups in total. The molecule has 2 heterocycles. The number of ether oxygens (including phenoxy) is 1. The highest BCUT2D eigenvalue weighted by atomic mass is 16.5. The molecule has 0 aliphatic rings. The monoisotopic (exact) mass is 297 g/mol. The fourth-order valence-corrected chi connectivity index (χ4v) is 2.12. The summed E-state index contributed by atoms with van der Waals surface area (Å²) < 4.78 is 11.9. The molecule has 0 unspecified atom stereocenters. The van der Waals surface area contributed by atoms with Gasteiger partial charge in [-0.1, -0.05) is 23.9 Å². The first-order valence-electron chi connectivity index (χ1n) is 6.83. The number of furan rings is 1. The molecule has 0 aliphatic carbocycles. The molecule has 22 heavy (non-hydrogen) atoms. The lowest BCUT2D eigenvalue weighted by molar-refractivity contribution is 0.0950. The molecule has 6 nitrogen and oxygen atoms in total. The summed E-state index contributed by atoms with van der Waals surface area (Å²) in [5, 5.41) is 8.16. The van der Waals surface area contributed by atoms with Gasteiger partial charge in [-0.25, -0.2) is 4.68 Å². The van der Waals surface area contributed by atoms with Gasteiger partial charge in [0.2, 0.25) is 0 Å². The molecule has 2 aromatic heterocycles. The molecular weight excluding hydrogens is 282 g/mol. The molecule has 0 radical (unpaired) electrons. The van der Waals surface area contributed by atoms with Crippen LogP contribution in [0.4, 0.5) is 0 Å². The van der Waals surface area contributed by atoms with Gasteiger partial charge in [-0.2, -0.15) is 0 Å². The first-order chi connectivity index (χ1) is 10.7. The van der Waals surface area contributed by atoms with E-state index in [1.807, 2.05) is 24.3 Å². The van der Waals surface area contributed by atoms with Crippen molar-refractivity contribution in [2.24, 2.45) is 0 Å². The van der Waals surface area contributed by atoms with Gasteiger partial charge in [-0.15, -0.1) is 5.10 Å². The van der Waals surface area contributed by atoms with Crippen LogP contribution in [0.25, 0.3) is 16.7 Å². The summed E-state index contributed by atoms with van der Waals surface area (Å²) >= 11 is 0. The van der Waals surface area contributed by atoms with Crippen LogP contribution >= 0.6 is 0 Å². The predicted molar refractivity (Wildman–Crippen MR) is 80.8 cm³/mol. The van der Waals surface area contributed by atoms with Gasteiger partial charge < -0.3 is 9.15 Å². The molecule has 3 rings (SSSR count). The van der Waals surface area contributed by atoms with Gasteiger partial charge in [0.1, 0.15) is 17.5 Å². The number of carbonyl (C=O) groups is 1. The Morgan fingerprint density at radius 3 is 3.00 bits per heavy atom. The molecule has 3 aromatic rings. The molecule has 6 heteroatoms. The van der Waals surface area contributed by atoms with Gasteiger partial charge >= 0.3 is 0 Å². The van der Waals surface area contributed by atoms with Crippen molar-refractivity contribution in [2.75, 3.05) is 7.11 Å². The number of hydrogen-bond acceptors (Lipinski definition) is 5. The van der Waals surface area contributed by atoms with E-state index in [1.54, 1.807) is 10.7 Å². The van der Waals surface area contributed by atoms with Gasteiger partial charge in [0.15, 0.2) is 11.5 Å². The van der Waals surface area contributed by atoms with E-state index in [1.165, 1.54) is 13.4 Å².